The van der Waals surface area contributed by atoms with E-state index in [0.29, 0.717) is 28.5 Å². The van der Waals surface area contributed by atoms with E-state index in [-0.39, 0.29) is 5.25 Å². The first-order valence-corrected chi connectivity index (χ1v) is 8.40. The quantitative estimate of drug-likeness (QED) is 0.430. The van der Waals surface area contributed by atoms with Crippen LogP contribution in [0.25, 0.3) is 23.0 Å². The lowest BCUT2D eigenvalue weighted by Gasteiger charge is -2.05. The van der Waals surface area contributed by atoms with Gasteiger partial charge in [0.15, 0.2) is 5.76 Å². The zero-order valence-corrected chi connectivity index (χ0v) is 14.1. The first kappa shape index (κ1) is 15.5. The van der Waals surface area contributed by atoms with Gasteiger partial charge in [0.2, 0.25) is 22.8 Å². The number of furan rings is 1. The van der Waals surface area contributed by atoms with E-state index in [4.69, 9.17) is 14.7 Å². The Morgan fingerprint density at radius 3 is 2.64 bits per heavy atom. The topological polar surface area (TPSA) is 109 Å². The van der Waals surface area contributed by atoms with Gasteiger partial charge >= 0.3 is 0 Å². The van der Waals surface area contributed by atoms with Crippen LogP contribution in [0, 0.1) is 0 Å². The van der Waals surface area contributed by atoms with Crippen LogP contribution in [0.15, 0.2) is 62.7 Å². The maximum atomic E-state index is 6.06. The molecule has 0 aliphatic heterocycles. The van der Waals surface area contributed by atoms with Crippen molar-refractivity contribution in [2.45, 2.75) is 17.3 Å². The van der Waals surface area contributed by atoms with Gasteiger partial charge < -0.3 is 14.7 Å². The van der Waals surface area contributed by atoms with Crippen LogP contribution >= 0.6 is 11.8 Å². The molecule has 4 aromatic rings. The van der Waals surface area contributed by atoms with Crippen molar-refractivity contribution in [2.24, 2.45) is 0 Å². The molecule has 0 saturated heterocycles. The number of nitrogens with zero attached hydrogens (tertiary/aromatic N) is 5. The van der Waals surface area contributed by atoms with E-state index in [9.17, 15) is 0 Å². The van der Waals surface area contributed by atoms with Gasteiger partial charge in [-0.15, -0.1) is 20.4 Å². The van der Waals surface area contributed by atoms with Crippen molar-refractivity contribution in [3.63, 3.8) is 0 Å². The maximum Gasteiger partial charge on any atom is 0.247 e. The normalized spacial score (nSPS) is 12.4. The highest BCUT2D eigenvalue weighted by atomic mass is 32.2. The molecule has 0 aliphatic rings. The van der Waals surface area contributed by atoms with Gasteiger partial charge in [-0.05, 0) is 31.2 Å². The van der Waals surface area contributed by atoms with Gasteiger partial charge in [-0.1, -0.05) is 30.0 Å². The van der Waals surface area contributed by atoms with E-state index in [1.165, 1.54) is 16.4 Å². The van der Waals surface area contributed by atoms with Crippen LogP contribution in [-0.2, 0) is 0 Å². The molecule has 0 radical (unpaired) electrons. The van der Waals surface area contributed by atoms with E-state index in [1.54, 1.807) is 18.4 Å². The Morgan fingerprint density at radius 2 is 1.88 bits per heavy atom. The van der Waals surface area contributed by atoms with Crippen molar-refractivity contribution in [3.05, 3.63) is 54.6 Å². The number of nitrogen functional groups attached to an aromatic ring is 1. The molecule has 0 unspecified atom stereocenters. The standard InChI is InChI=1S/C16H14N6O2S/c1-10(14-19-20-15(24-14)11-6-3-2-4-7-11)25-16-21-18-13(22(16)17)12-8-5-9-23-12/h2-10H,17H2,1H3/t10-/m0/s1. The summed E-state index contributed by atoms with van der Waals surface area (Å²) in [5, 5.41) is 16.8. The average Bonchev–Trinajstić information content (AvgIpc) is 3.37. The van der Waals surface area contributed by atoms with Gasteiger partial charge in [0.1, 0.15) is 0 Å². The smallest absolute Gasteiger partial charge is 0.247 e. The van der Waals surface area contributed by atoms with Crippen molar-refractivity contribution < 1.29 is 8.83 Å². The summed E-state index contributed by atoms with van der Waals surface area (Å²) < 4.78 is 12.4. The molecule has 0 bridgehead atoms. The zero-order chi connectivity index (χ0) is 17.2. The van der Waals surface area contributed by atoms with Crippen LogP contribution < -0.4 is 5.84 Å². The molecule has 8 nitrogen and oxygen atoms in total. The fourth-order valence-corrected chi connectivity index (χ4v) is 3.04. The molecule has 9 heteroatoms. The van der Waals surface area contributed by atoms with Gasteiger partial charge in [0.25, 0.3) is 0 Å². The summed E-state index contributed by atoms with van der Waals surface area (Å²) in [6, 6.07) is 13.2. The third kappa shape index (κ3) is 3.01. The predicted octanol–water partition coefficient (Wildman–Crippen LogP) is 3.16. The Morgan fingerprint density at radius 1 is 1.04 bits per heavy atom. The molecule has 4 rings (SSSR count). The van der Waals surface area contributed by atoms with Gasteiger partial charge in [0, 0.05) is 5.56 Å². The Bertz CT molecular complexity index is 964. The highest BCUT2D eigenvalue weighted by Gasteiger charge is 2.21. The largest absolute Gasteiger partial charge is 0.461 e. The van der Waals surface area contributed by atoms with Crippen LogP contribution in [-0.4, -0.2) is 25.1 Å². The molecular formula is C16H14N6O2S. The van der Waals surface area contributed by atoms with Crippen LogP contribution in [0.5, 0.6) is 0 Å². The Labute approximate surface area is 147 Å². The van der Waals surface area contributed by atoms with E-state index in [1.807, 2.05) is 37.3 Å². The number of hydrogen-bond acceptors (Lipinski definition) is 8. The summed E-state index contributed by atoms with van der Waals surface area (Å²) in [4.78, 5) is 0. The Kier molecular flexibility index (Phi) is 3.98. The third-order valence-electron chi connectivity index (χ3n) is 3.50. The number of aromatic nitrogens is 5. The van der Waals surface area contributed by atoms with Crippen LogP contribution in [0.1, 0.15) is 18.1 Å². The second-order valence-corrected chi connectivity index (χ2v) is 6.53. The van der Waals surface area contributed by atoms with E-state index in [2.05, 4.69) is 20.4 Å². The molecule has 25 heavy (non-hydrogen) atoms. The summed E-state index contributed by atoms with van der Waals surface area (Å²) in [6.45, 7) is 1.94. The summed E-state index contributed by atoms with van der Waals surface area (Å²) in [6.07, 6.45) is 1.56. The van der Waals surface area contributed by atoms with Crippen molar-refractivity contribution >= 4 is 11.8 Å². The first-order valence-electron chi connectivity index (χ1n) is 7.52. The minimum absolute atomic E-state index is 0.138. The molecule has 1 aromatic carbocycles. The highest BCUT2D eigenvalue weighted by Crippen LogP contribution is 2.34. The molecule has 0 aliphatic carbocycles. The van der Waals surface area contributed by atoms with Gasteiger partial charge in [-0.2, -0.15) is 0 Å². The fraction of sp³-hybridized carbons (Fsp3) is 0.125. The van der Waals surface area contributed by atoms with Gasteiger partial charge in [0.05, 0.1) is 11.5 Å². The van der Waals surface area contributed by atoms with Crippen molar-refractivity contribution in [1.82, 2.24) is 25.1 Å². The second kappa shape index (κ2) is 6.44. The molecule has 126 valence electrons. The van der Waals surface area contributed by atoms with Crippen molar-refractivity contribution in [1.29, 1.82) is 0 Å². The zero-order valence-electron chi connectivity index (χ0n) is 13.2. The van der Waals surface area contributed by atoms with Crippen LogP contribution in [0.4, 0.5) is 0 Å². The van der Waals surface area contributed by atoms with Crippen LogP contribution in [0.3, 0.4) is 0 Å². The van der Waals surface area contributed by atoms with Crippen molar-refractivity contribution in [3.8, 4) is 23.0 Å². The molecule has 3 aromatic heterocycles. The number of nitrogens with two attached hydrogens (primary N) is 1. The average molecular weight is 354 g/mol. The fourth-order valence-electron chi connectivity index (χ4n) is 2.24. The highest BCUT2D eigenvalue weighted by molar-refractivity contribution is 7.99. The number of rotatable bonds is 5. The maximum absolute atomic E-state index is 6.06. The molecule has 2 N–H and O–H groups in total. The summed E-state index contributed by atoms with van der Waals surface area (Å²) >= 11 is 1.38. The monoisotopic (exact) mass is 354 g/mol. The van der Waals surface area contributed by atoms with Crippen molar-refractivity contribution in [2.75, 3.05) is 5.84 Å². The SMILES string of the molecule is C[C@H](Sc1nnc(-c2ccco2)n1N)c1nnc(-c2ccccc2)o1. The van der Waals surface area contributed by atoms with Crippen LogP contribution in [0.2, 0.25) is 0 Å². The Hall–Kier alpha value is -3.07. The molecule has 0 saturated carbocycles. The lowest BCUT2D eigenvalue weighted by atomic mass is 10.2. The number of hydrogen-bond donors (Lipinski definition) is 1. The second-order valence-electron chi connectivity index (χ2n) is 5.23. The number of benzene rings is 1. The van der Waals surface area contributed by atoms with Gasteiger partial charge in [-0.3, -0.25) is 0 Å². The molecule has 0 fully saturated rings. The summed E-state index contributed by atoms with van der Waals surface area (Å²) in [5.74, 6) is 8.04. The molecule has 1 atom stereocenters. The Balaban J connectivity index is 1.53. The summed E-state index contributed by atoms with van der Waals surface area (Å²) in [5.41, 5.74) is 0.876. The first-order chi connectivity index (χ1) is 12.2. The lowest BCUT2D eigenvalue weighted by Crippen LogP contribution is -2.11. The summed E-state index contributed by atoms with van der Waals surface area (Å²) in [7, 11) is 0. The molecule has 0 spiro atoms. The number of thioether (sulfide) groups is 1. The van der Waals surface area contributed by atoms with E-state index < -0.39 is 0 Å². The van der Waals surface area contributed by atoms with Gasteiger partial charge in [-0.25, -0.2) is 4.68 Å². The minimum Gasteiger partial charge on any atom is -0.461 e. The third-order valence-corrected chi connectivity index (χ3v) is 4.54. The molecular weight excluding hydrogens is 340 g/mol. The molecule has 3 heterocycles. The predicted molar refractivity (Wildman–Crippen MR) is 91.9 cm³/mol. The minimum atomic E-state index is -0.138. The van der Waals surface area contributed by atoms with E-state index in [0.717, 1.165) is 5.56 Å². The van der Waals surface area contributed by atoms with E-state index >= 15 is 0 Å². The molecule has 0 amide bonds. The lowest BCUT2D eigenvalue weighted by molar-refractivity contribution is 0.509.